The van der Waals surface area contributed by atoms with Gasteiger partial charge in [-0.3, -0.25) is 9.69 Å². The molecule has 2 heterocycles. The van der Waals surface area contributed by atoms with Gasteiger partial charge in [0.15, 0.2) is 0 Å². The number of carbonyl (C=O) groups is 1. The molecule has 9 heteroatoms. The van der Waals surface area contributed by atoms with Gasteiger partial charge in [-0.2, -0.15) is 0 Å². The third kappa shape index (κ3) is 6.37. The first kappa shape index (κ1) is 25.1. The summed E-state index contributed by atoms with van der Waals surface area (Å²) >= 11 is 0. The lowest BCUT2D eigenvalue weighted by molar-refractivity contribution is -0.389. The molecule has 2 aromatic carbocycles. The number of amides is 1. The molecular weight excluding hydrogens is 458 g/mol. The average Bonchev–Trinajstić information content (AvgIpc) is 2.93. The van der Waals surface area contributed by atoms with Crippen molar-refractivity contribution in [3.05, 3.63) is 82.5 Å². The molecule has 1 N–H and O–H groups in total. The van der Waals surface area contributed by atoms with Crippen molar-refractivity contribution >= 4 is 17.4 Å². The molecule has 0 radical (unpaired) electrons. The van der Waals surface area contributed by atoms with E-state index < -0.39 is 4.92 Å². The van der Waals surface area contributed by atoms with Gasteiger partial charge in [-0.05, 0) is 65.2 Å². The fraction of sp³-hybridized carbons (Fsp3) is 0.333. The molecule has 4 rings (SSSR count). The van der Waals surface area contributed by atoms with Gasteiger partial charge in [0.2, 0.25) is 0 Å². The molecule has 3 aromatic rings. The molecule has 1 aliphatic heterocycles. The predicted octanol–water partition coefficient (Wildman–Crippen LogP) is 4.00. The molecule has 1 amide bonds. The van der Waals surface area contributed by atoms with Gasteiger partial charge in [0, 0.05) is 49.9 Å². The van der Waals surface area contributed by atoms with Crippen LogP contribution in [0.3, 0.4) is 0 Å². The van der Waals surface area contributed by atoms with E-state index in [9.17, 15) is 14.9 Å². The van der Waals surface area contributed by atoms with Crippen molar-refractivity contribution in [1.29, 1.82) is 0 Å². The van der Waals surface area contributed by atoms with Gasteiger partial charge < -0.3 is 25.1 Å². The molecule has 1 aliphatic rings. The minimum atomic E-state index is -0.527. The maximum absolute atomic E-state index is 12.5. The first-order valence-corrected chi connectivity index (χ1v) is 12.1. The standard InChI is InChI=1S/C27H31N5O4/c1-36-25-7-3-2-6-24(25)31-18-16-30(17-19-31)15-5-4-14-28-27(33)22-10-8-21(9-11-22)23-12-13-26(29-20-23)32(34)35/h2-3,6-13,20H,4-5,14-19H2,1H3,(H,28,33). The van der Waals surface area contributed by atoms with Crippen LogP contribution in [0.4, 0.5) is 11.5 Å². The fourth-order valence-corrected chi connectivity index (χ4v) is 4.35. The molecule has 1 aromatic heterocycles. The summed E-state index contributed by atoms with van der Waals surface area (Å²) in [5.74, 6) is 0.623. The zero-order chi connectivity index (χ0) is 25.3. The maximum Gasteiger partial charge on any atom is 0.363 e. The molecular formula is C27H31N5O4. The van der Waals surface area contributed by atoms with Crippen molar-refractivity contribution in [2.75, 3.05) is 51.3 Å². The van der Waals surface area contributed by atoms with Crippen LogP contribution < -0.4 is 15.0 Å². The molecule has 36 heavy (non-hydrogen) atoms. The number of benzene rings is 2. The molecule has 9 nitrogen and oxygen atoms in total. The largest absolute Gasteiger partial charge is 0.495 e. The molecule has 1 fully saturated rings. The number of nitrogens with zero attached hydrogens (tertiary/aromatic N) is 4. The summed E-state index contributed by atoms with van der Waals surface area (Å²) in [5.41, 5.74) is 3.34. The fourth-order valence-electron chi connectivity index (χ4n) is 4.35. The highest BCUT2D eigenvalue weighted by atomic mass is 16.6. The van der Waals surface area contributed by atoms with Crippen molar-refractivity contribution in [2.45, 2.75) is 12.8 Å². The van der Waals surface area contributed by atoms with E-state index in [0.717, 1.165) is 68.1 Å². The van der Waals surface area contributed by atoms with Gasteiger partial charge in [0.05, 0.1) is 12.8 Å². The van der Waals surface area contributed by atoms with Gasteiger partial charge in [-0.15, -0.1) is 0 Å². The summed E-state index contributed by atoms with van der Waals surface area (Å²) in [5, 5.41) is 13.7. The Morgan fingerprint density at radius 2 is 1.72 bits per heavy atom. The number of nitro groups is 1. The second-order valence-corrected chi connectivity index (χ2v) is 8.70. The molecule has 0 spiro atoms. The highest BCUT2D eigenvalue weighted by molar-refractivity contribution is 5.94. The lowest BCUT2D eigenvalue weighted by Gasteiger charge is -2.36. The SMILES string of the molecule is COc1ccccc1N1CCN(CCCCNC(=O)c2ccc(-c3ccc([N+](=O)[O-])nc3)cc2)CC1. The van der Waals surface area contributed by atoms with E-state index in [1.807, 2.05) is 30.3 Å². The number of methoxy groups -OCH3 is 1. The highest BCUT2D eigenvalue weighted by Crippen LogP contribution is 2.28. The molecule has 0 saturated carbocycles. The van der Waals surface area contributed by atoms with Crippen molar-refractivity contribution in [2.24, 2.45) is 0 Å². The van der Waals surface area contributed by atoms with E-state index in [1.54, 1.807) is 25.3 Å². The van der Waals surface area contributed by atoms with Crippen LogP contribution in [0.25, 0.3) is 11.1 Å². The predicted molar refractivity (Wildman–Crippen MR) is 140 cm³/mol. The number of ether oxygens (including phenoxy) is 1. The number of hydrogen-bond acceptors (Lipinski definition) is 7. The smallest absolute Gasteiger partial charge is 0.363 e. The van der Waals surface area contributed by atoms with Gasteiger partial charge >= 0.3 is 5.82 Å². The number of unbranched alkanes of at least 4 members (excludes halogenated alkanes) is 1. The zero-order valence-electron chi connectivity index (χ0n) is 20.4. The summed E-state index contributed by atoms with van der Waals surface area (Å²) in [4.78, 5) is 31.4. The van der Waals surface area contributed by atoms with Gasteiger partial charge in [-0.25, -0.2) is 0 Å². The van der Waals surface area contributed by atoms with Crippen LogP contribution in [0, 0.1) is 10.1 Å². The first-order valence-electron chi connectivity index (χ1n) is 12.1. The molecule has 188 valence electrons. The number of piperazine rings is 1. The number of aromatic nitrogens is 1. The quantitative estimate of drug-likeness (QED) is 0.261. The van der Waals surface area contributed by atoms with E-state index in [2.05, 4.69) is 26.2 Å². The van der Waals surface area contributed by atoms with E-state index >= 15 is 0 Å². The Bertz CT molecular complexity index is 1160. The lowest BCUT2D eigenvalue weighted by atomic mass is 10.1. The average molecular weight is 490 g/mol. The molecule has 0 unspecified atom stereocenters. The summed E-state index contributed by atoms with van der Waals surface area (Å²) in [6.45, 7) is 5.63. The Kier molecular flexibility index (Phi) is 8.46. The third-order valence-electron chi connectivity index (χ3n) is 6.40. The van der Waals surface area contributed by atoms with Crippen LogP contribution in [-0.4, -0.2) is 67.1 Å². The Morgan fingerprint density at radius 3 is 2.39 bits per heavy atom. The molecule has 0 aliphatic carbocycles. The molecule has 0 atom stereocenters. The van der Waals surface area contributed by atoms with Crippen molar-refractivity contribution < 1.29 is 14.5 Å². The topological polar surface area (TPSA) is 101 Å². The Morgan fingerprint density at radius 1 is 1.00 bits per heavy atom. The third-order valence-corrected chi connectivity index (χ3v) is 6.40. The monoisotopic (exact) mass is 489 g/mol. The Balaban J connectivity index is 1.15. The summed E-state index contributed by atoms with van der Waals surface area (Å²) in [6, 6.07) is 18.3. The van der Waals surface area contributed by atoms with Crippen molar-refractivity contribution in [1.82, 2.24) is 15.2 Å². The van der Waals surface area contributed by atoms with E-state index in [4.69, 9.17) is 4.74 Å². The summed E-state index contributed by atoms with van der Waals surface area (Å²) in [7, 11) is 1.71. The summed E-state index contributed by atoms with van der Waals surface area (Å²) < 4.78 is 5.49. The molecule has 1 saturated heterocycles. The van der Waals surface area contributed by atoms with Crippen LogP contribution in [0.15, 0.2) is 66.9 Å². The van der Waals surface area contributed by atoms with Crippen LogP contribution in [0.5, 0.6) is 5.75 Å². The number of para-hydroxylation sites is 2. The highest BCUT2D eigenvalue weighted by Gasteiger charge is 2.19. The van der Waals surface area contributed by atoms with Crippen LogP contribution in [-0.2, 0) is 0 Å². The minimum absolute atomic E-state index is 0.103. The molecule has 0 bridgehead atoms. The van der Waals surface area contributed by atoms with E-state index in [0.29, 0.717) is 12.1 Å². The lowest BCUT2D eigenvalue weighted by Crippen LogP contribution is -2.46. The van der Waals surface area contributed by atoms with Crippen molar-refractivity contribution in [3.8, 4) is 16.9 Å². The first-order chi connectivity index (χ1) is 17.5. The number of anilines is 1. The van der Waals surface area contributed by atoms with Gasteiger partial charge in [0.25, 0.3) is 5.91 Å². The van der Waals surface area contributed by atoms with Gasteiger partial charge in [-0.1, -0.05) is 24.3 Å². The second kappa shape index (κ2) is 12.1. The number of carbonyl (C=O) groups excluding carboxylic acids is 1. The maximum atomic E-state index is 12.5. The van der Waals surface area contributed by atoms with Crippen LogP contribution >= 0.6 is 0 Å². The number of rotatable bonds is 10. The minimum Gasteiger partial charge on any atom is -0.495 e. The van der Waals surface area contributed by atoms with Crippen molar-refractivity contribution in [3.63, 3.8) is 0 Å². The number of nitrogens with one attached hydrogen (secondary N) is 1. The Hall–Kier alpha value is -3.98. The zero-order valence-corrected chi connectivity index (χ0v) is 20.4. The number of pyridine rings is 1. The second-order valence-electron chi connectivity index (χ2n) is 8.70. The van der Waals surface area contributed by atoms with Crippen LogP contribution in [0.2, 0.25) is 0 Å². The normalized spacial score (nSPS) is 13.9. The Labute approximate surface area is 210 Å². The van der Waals surface area contributed by atoms with Gasteiger partial charge in [0.1, 0.15) is 11.9 Å². The van der Waals surface area contributed by atoms with Crippen LogP contribution in [0.1, 0.15) is 23.2 Å². The van der Waals surface area contributed by atoms with E-state index in [1.165, 1.54) is 12.3 Å². The number of hydrogen-bond donors (Lipinski definition) is 1. The summed E-state index contributed by atoms with van der Waals surface area (Å²) in [6.07, 6.45) is 3.41. The van der Waals surface area contributed by atoms with E-state index in [-0.39, 0.29) is 11.7 Å².